The highest BCUT2D eigenvalue weighted by atomic mass is 14.4. The molecule has 1 radical (unpaired) electrons. The first-order valence-electron chi connectivity index (χ1n) is 3.52. The summed E-state index contributed by atoms with van der Waals surface area (Å²) < 4.78 is 0. The van der Waals surface area contributed by atoms with Crippen LogP contribution in [0.25, 0.3) is 0 Å². The van der Waals surface area contributed by atoms with E-state index in [1.165, 1.54) is 19.3 Å². The summed E-state index contributed by atoms with van der Waals surface area (Å²) in [6, 6.07) is 0. The van der Waals surface area contributed by atoms with Gasteiger partial charge in [-0.3, -0.25) is 0 Å². The summed E-state index contributed by atoms with van der Waals surface area (Å²) in [5.74, 6) is 1.78. The second-order valence-corrected chi connectivity index (χ2v) is 3.34. The van der Waals surface area contributed by atoms with Crippen molar-refractivity contribution in [3.63, 3.8) is 0 Å². The van der Waals surface area contributed by atoms with Crippen molar-refractivity contribution in [1.29, 1.82) is 0 Å². The Morgan fingerprint density at radius 3 is 2.00 bits per heavy atom. The van der Waals surface area contributed by atoms with Crippen molar-refractivity contribution in [2.24, 2.45) is 5.41 Å². The van der Waals surface area contributed by atoms with E-state index in [4.69, 9.17) is 0 Å². The van der Waals surface area contributed by atoms with E-state index in [9.17, 15) is 0 Å². The van der Waals surface area contributed by atoms with Crippen molar-refractivity contribution >= 4 is 0 Å². The van der Waals surface area contributed by atoms with Crippen molar-refractivity contribution in [2.45, 2.75) is 40.0 Å². The molecular formula is C8H15. The summed E-state index contributed by atoms with van der Waals surface area (Å²) in [4.78, 5) is 0. The predicted octanol–water partition coefficient (Wildman–Crippen LogP) is 2.79. The fourth-order valence-electron chi connectivity index (χ4n) is 0.989. The molecule has 1 aliphatic carbocycles. The van der Waals surface area contributed by atoms with Crippen LogP contribution in [0.3, 0.4) is 0 Å². The first-order chi connectivity index (χ1) is 3.67. The van der Waals surface area contributed by atoms with Gasteiger partial charge in [0.2, 0.25) is 0 Å². The van der Waals surface area contributed by atoms with Crippen LogP contribution < -0.4 is 0 Å². The van der Waals surface area contributed by atoms with Crippen LogP contribution in [0.2, 0.25) is 0 Å². The lowest BCUT2D eigenvalue weighted by Gasteiger charge is -2.20. The molecule has 0 aromatic heterocycles. The molecule has 0 aliphatic heterocycles. The van der Waals surface area contributed by atoms with Crippen molar-refractivity contribution in [1.82, 2.24) is 0 Å². The highest BCUT2D eigenvalue weighted by molar-refractivity contribution is 5.14. The van der Waals surface area contributed by atoms with Crippen LogP contribution >= 0.6 is 0 Å². The van der Waals surface area contributed by atoms with Crippen LogP contribution in [0, 0.1) is 11.3 Å². The summed E-state index contributed by atoms with van der Waals surface area (Å²) in [7, 11) is 0. The van der Waals surface area contributed by atoms with E-state index in [1.807, 2.05) is 0 Å². The Kier molecular flexibility index (Phi) is 1.34. The van der Waals surface area contributed by atoms with Crippen LogP contribution in [-0.4, -0.2) is 0 Å². The van der Waals surface area contributed by atoms with E-state index >= 15 is 0 Å². The zero-order valence-electron chi connectivity index (χ0n) is 6.12. The van der Waals surface area contributed by atoms with Gasteiger partial charge in [0.15, 0.2) is 0 Å². The maximum Gasteiger partial charge on any atom is -0.0184 e. The van der Waals surface area contributed by atoms with Gasteiger partial charge in [-0.25, -0.2) is 0 Å². The van der Waals surface area contributed by atoms with E-state index in [1.54, 1.807) is 5.92 Å². The molecule has 47 valence electrons. The topological polar surface area (TPSA) is 0 Å². The first kappa shape index (κ1) is 6.12. The van der Waals surface area contributed by atoms with Crippen molar-refractivity contribution in [3.05, 3.63) is 5.92 Å². The van der Waals surface area contributed by atoms with Gasteiger partial charge in [0.05, 0.1) is 0 Å². The summed E-state index contributed by atoms with van der Waals surface area (Å²) >= 11 is 0. The smallest absolute Gasteiger partial charge is 0.0184 e. The summed E-state index contributed by atoms with van der Waals surface area (Å²) in [5, 5.41) is 0. The largest absolute Gasteiger partial charge is 0.0649 e. The molecule has 1 rings (SSSR count). The van der Waals surface area contributed by atoms with Gasteiger partial charge in [-0.1, -0.05) is 27.2 Å². The maximum absolute atomic E-state index is 2.34. The summed E-state index contributed by atoms with van der Waals surface area (Å²) in [6.45, 7) is 6.95. The van der Waals surface area contributed by atoms with Gasteiger partial charge in [0, 0.05) is 0 Å². The Labute approximate surface area is 52.3 Å². The lowest BCUT2D eigenvalue weighted by molar-refractivity contribution is 0.407. The third-order valence-corrected chi connectivity index (χ3v) is 2.34. The SMILES string of the molecule is CCC(C)(C)[C]1CC1. The molecule has 0 N–H and O–H groups in total. The van der Waals surface area contributed by atoms with Gasteiger partial charge in [0.25, 0.3) is 0 Å². The molecule has 0 aromatic rings. The maximum atomic E-state index is 2.34. The average Bonchev–Trinajstić information content (AvgIpc) is 2.44. The molecule has 1 aliphatic rings. The predicted molar refractivity (Wildman–Crippen MR) is 36.5 cm³/mol. The molecule has 0 spiro atoms. The molecule has 0 amide bonds. The Morgan fingerprint density at radius 1 is 1.38 bits per heavy atom. The first-order valence-corrected chi connectivity index (χ1v) is 3.52. The van der Waals surface area contributed by atoms with Gasteiger partial charge in [-0.15, -0.1) is 0 Å². The van der Waals surface area contributed by atoms with Gasteiger partial charge in [-0.05, 0) is 24.2 Å². The van der Waals surface area contributed by atoms with Crippen molar-refractivity contribution < 1.29 is 0 Å². The summed E-state index contributed by atoms with van der Waals surface area (Å²) in [5.41, 5.74) is 0.569. The summed E-state index contributed by atoms with van der Waals surface area (Å²) in [6.07, 6.45) is 4.12. The van der Waals surface area contributed by atoms with Crippen LogP contribution in [0.5, 0.6) is 0 Å². The zero-order valence-corrected chi connectivity index (χ0v) is 6.12. The molecule has 0 atom stereocenters. The number of hydrogen-bond donors (Lipinski definition) is 0. The van der Waals surface area contributed by atoms with Gasteiger partial charge in [0.1, 0.15) is 0 Å². The van der Waals surface area contributed by atoms with Gasteiger partial charge in [-0.2, -0.15) is 0 Å². The van der Waals surface area contributed by atoms with Crippen LogP contribution in [0.1, 0.15) is 40.0 Å². The minimum absolute atomic E-state index is 0.569. The minimum atomic E-state index is 0.569. The number of hydrogen-bond acceptors (Lipinski definition) is 0. The molecule has 1 saturated carbocycles. The second-order valence-electron chi connectivity index (χ2n) is 3.34. The van der Waals surface area contributed by atoms with E-state index in [2.05, 4.69) is 20.8 Å². The molecule has 0 aromatic carbocycles. The van der Waals surface area contributed by atoms with Crippen molar-refractivity contribution in [3.8, 4) is 0 Å². The van der Waals surface area contributed by atoms with Crippen molar-refractivity contribution in [2.75, 3.05) is 0 Å². The minimum Gasteiger partial charge on any atom is -0.0649 e. The van der Waals surface area contributed by atoms with Crippen LogP contribution in [0.4, 0.5) is 0 Å². The Morgan fingerprint density at radius 2 is 1.88 bits per heavy atom. The molecule has 0 saturated heterocycles. The monoisotopic (exact) mass is 111 g/mol. The average molecular weight is 111 g/mol. The van der Waals surface area contributed by atoms with Gasteiger partial charge < -0.3 is 0 Å². The molecule has 0 bridgehead atoms. The lowest BCUT2D eigenvalue weighted by atomic mass is 9.85. The Balaban J connectivity index is 2.37. The van der Waals surface area contributed by atoms with E-state index in [0.717, 1.165) is 0 Å². The molecular weight excluding hydrogens is 96.1 g/mol. The third kappa shape index (κ3) is 1.04. The fraction of sp³-hybridized carbons (Fsp3) is 0.875. The zero-order chi connectivity index (χ0) is 6.20. The number of rotatable bonds is 2. The lowest BCUT2D eigenvalue weighted by Crippen LogP contribution is -2.09. The molecule has 1 fully saturated rings. The van der Waals surface area contributed by atoms with Crippen LogP contribution in [0.15, 0.2) is 0 Å². The molecule has 0 unspecified atom stereocenters. The fourth-order valence-corrected chi connectivity index (χ4v) is 0.989. The highest BCUT2D eigenvalue weighted by Crippen LogP contribution is 2.49. The molecule has 0 heterocycles. The van der Waals surface area contributed by atoms with Gasteiger partial charge >= 0.3 is 0 Å². The normalized spacial score (nSPS) is 21.4. The van der Waals surface area contributed by atoms with E-state index in [-0.39, 0.29) is 0 Å². The van der Waals surface area contributed by atoms with Crippen LogP contribution in [-0.2, 0) is 0 Å². The quantitative estimate of drug-likeness (QED) is 0.514. The standard InChI is InChI=1S/C8H15/c1-4-8(2,3)7-5-6-7/h4-6H2,1-3H3. The Bertz CT molecular complexity index is 78.0. The molecule has 0 heteroatoms. The molecule has 8 heavy (non-hydrogen) atoms. The van der Waals surface area contributed by atoms with E-state index < -0.39 is 0 Å². The third-order valence-electron chi connectivity index (χ3n) is 2.34. The highest BCUT2D eigenvalue weighted by Gasteiger charge is 2.36. The van der Waals surface area contributed by atoms with E-state index in [0.29, 0.717) is 5.41 Å². The molecule has 0 nitrogen and oxygen atoms in total. The Hall–Kier alpha value is 0. The second kappa shape index (κ2) is 1.75.